The molecule has 4 N–H and O–H groups in total. The monoisotopic (exact) mass is 187 g/mol. The molecule has 0 aromatic heterocycles. The number of carboxylic acid groups (broad SMARTS) is 1. The van der Waals surface area contributed by atoms with Crippen molar-refractivity contribution >= 4 is 18.2 Å². The number of hydrogen-bond acceptors (Lipinski definition) is 4. The third kappa shape index (κ3) is 5.80. The molecule has 1 amide bonds. The van der Waals surface area contributed by atoms with Crippen LogP contribution in [0.25, 0.3) is 0 Å². The lowest BCUT2D eigenvalue weighted by molar-refractivity contribution is -0.137. The van der Waals surface area contributed by atoms with Gasteiger partial charge < -0.3 is 16.2 Å². The Morgan fingerprint density at radius 1 is 1.54 bits per heavy atom. The van der Waals surface area contributed by atoms with Gasteiger partial charge in [0, 0.05) is 6.42 Å². The van der Waals surface area contributed by atoms with Crippen molar-refractivity contribution in [3.05, 3.63) is 0 Å². The summed E-state index contributed by atoms with van der Waals surface area (Å²) in [6, 6.07) is -0.882. The summed E-state index contributed by atoms with van der Waals surface area (Å²) < 4.78 is 0. The van der Waals surface area contributed by atoms with E-state index in [2.05, 4.69) is 5.32 Å². The zero-order valence-corrected chi connectivity index (χ0v) is 6.95. The van der Waals surface area contributed by atoms with Gasteiger partial charge in [0.15, 0.2) is 0 Å². The van der Waals surface area contributed by atoms with E-state index in [1.165, 1.54) is 6.29 Å². The molecule has 1 radical (unpaired) electrons. The van der Waals surface area contributed by atoms with Crippen molar-refractivity contribution in [2.24, 2.45) is 5.73 Å². The molecule has 0 saturated heterocycles. The number of nitrogens with two attached hydrogens (primary N) is 1. The first-order valence-corrected chi connectivity index (χ1v) is 3.69. The minimum absolute atomic E-state index is 0.0323. The number of rotatable bonds is 6. The van der Waals surface area contributed by atoms with E-state index in [1.807, 2.05) is 0 Å². The first-order valence-electron chi connectivity index (χ1n) is 3.69. The van der Waals surface area contributed by atoms with Crippen molar-refractivity contribution in [3.63, 3.8) is 0 Å². The highest BCUT2D eigenvalue weighted by Gasteiger charge is 2.12. The SMILES string of the molecule is NCC(=O)N[C@H]([C]=O)CCC(=O)O. The molecule has 0 unspecified atom stereocenters. The number of nitrogens with one attached hydrogen (secondary N) is 1. The van der Waals surface area contributed by atoms with Crippen LogP contribution in [0.15, 0.2) is 0 Å². The van der Waals surface area contributed by atoms with Gasteiger partial charge in [-0.2, -0.15) is 0 Å². The van der Waals surface area contributed by atoms with Crippen LogP contribution in [0.4, 0.5) is 0 Å². The van der Waals surface area contributed by atoms with Gasteiger partial charge in [-0.05, 0) is 6.42 Å². The second-order valence-electron chi connectivity index (χ2n) is 2.37. The van der Waals surface area contributed by atoms with Crippen molar-refractivity contribution in [1.82, 2.24) is 5.32 Å². The topological polar surface area (TPSA) is 109 Å². The van der Waals surface area contributed by atoms with Gasteiger partial charge in [-0.25, -0.2) is 0 Å². The molecule has 0 aliphatic carbocycles. The van der Waals surface area contributed by atoms with E-state index in [0.717, 1.165) is 0 Å². The summed E-state index contributed by atoms with van der Waals surface area (Å²) in [6.07, 6.45) is 1.36. The number of hydrogen-bond donors (Lipinski definition) is 3. The van der Waals surface area contributed by atoms with E-state index in [0.29, 0.717) is 0 Å². The molecule has 0 spiro atoms. The van der Waals surface area contributed by atoms with E-state index in [9.17, 15) is 14.4 Å². The number of carbonyl (C=O) groups is 2. The van der Waals surface area contributed by atoms with Gasteiger partial charge in [0.25, 0.3) is 0 Å². The molecule has 0 aromatic carbocycles. The molecule has 0 aromatic rings. The fraction of sp³-hybridized carbons (Fsp3) is 0.571. The Balaban J connectivity index is 3.82. The van der Waals surface area contributed by atoms with Gasteiger partial charge in [-0.3, -0.25) is 14.4 Å². The lowest BCUT2D eigenvalue weighted by atomic mass is 10.2. The third-order valence-electron chi connectivity index (χ3n) is 1.31. The van der Waals surface area contributed by atoms with Crippen LogP contribution in [0.2, 0.25) is 0 Å². The smallest absolute Gasteiger partial charge is 0.303 e. The highest BCUT2D eigenvalue weighted by molar-refractivity contribution is 5.81. The highest BCUT2D eigenvalue weighted by Crippen LogP contribution is 1.94. The maximum absolute atomic E-state index is 10.7. The zero-order valence-electron chi connectivity index (χ0n) is 6.95. The summed E-state index contributed by atoms with van der Waals surface area (Å²) in [5, 5.41) is 10.5. The van der Waals surface area contributed by atoms with Gasteiger partial charge in [0.2, 0.25) is 12.2 Å². The molecule has 73 valence electrons. The maximum atomic E-state index is 10.7. The normalized spacial score (nSPS) is 11.8. The van der Waals surface area contributed by atoms with Crippen LogP contribution in [-0.2, 0) is 14.4 Å². The Morgan fingerprint density at radius 2 is 2.15 bits per heavy atom. The number of aliphatic carboxylic acids is 1. The van der Waals surface area contributed by atoms with Gasteiger partial charge in [0.05, 0.1) is 12.6 Å². The lowest BCUT2D eigenvalue weighted by Gasteiger charge is -2.08. The zero-order chi connectivity index (χ0) is 10.3. The van der Waals surface area contributed by atoms with Crippen LogP contribution < -0.4 is 11.1 Å². The first kappa shape index (κ1) is 11.6. The van der Waals surface area contributed by atoms with Crippen molar-refractivity contribution < 1.29 is 19.5 Å². The van der Waals surface area contributed by atoms with Gasteiger partial charge in [0.1, 0.15) is 0 Å². The van der Waals surface area contributed by atoms with Crippen LogP contribution in [0.5, 0.6) is 0 Å². The Morgan fingerprint density at radius 3 is 2.54 bits per heavy atom. The summed E-state index contributed by atoms with van der Waals surface area (Å²) in [5.41, 5.74) is 4.97. The number of carboxylic acids is 1. The molecule has 6 heteroatoms. The molecule has 0 rings (SSSR count). The van der Waals surface area contributed by atoms with Crippen molar-refractivity contribution in [3.8, 4) is 0 Å². The third-order valence-corrected chi connectivity index (χ3v) is 1.31. The quantitative estimate of drug-likeness (QED) is 0.464. The van der Waals surface area contributed by atoms with E-state index in [4.69, 9.17) is 10.8 Å². The molecule has 0 saturated carbocycles. The summed E-state index contributed by atoms with van der Waals surface area (Å²) in [5.74, 6) is -1.53. The molecule has 0 aliphatic heterocycles. The van der Waals surface area contributed by atoms with E-state index in [1.54, 1.807) is 0 Å². The fourth-order valence-corrected chi connectivity index (χ4v) is 0.682. The van der Waals surface area contributed by atoms with Crippen LogP contribution in [-0.4, -0.2) is 35.9 Å². The number of amides is 1. The maximum Gasteiger partial charge on any atom is 0.303 e. The van der Waals surface area contributed by atoms with Crippen molar-refractivity contribution in [2.45, 2.75) is 18.9 Å². The fourth-order valence-electron chi connectivity index (χ4n) is 0.682. The molecule has 0 bridgehead atoms. The largest absolute Gasteiger partial charge is 0.481 e. The Hall–Kier alpha value is -1.43. The average Bonchev–Trinajstić information content (AvgIpc) is 2.11. The highest BCUT2D eigenvalue weighted by atomic mass is 16.4. The first-order chi connectivity index (χ1) is 6.10. The molecule has 13 heavy (non-hydrogen) atoms. The van der Waals surface area contributed by atoms with Gasteiger partial charge in [-0.15, -0.1) is 0 Å². The van der Waals surface area contributed by atoms with Crippen LogP contribution >= 0.6 is 0 Å². The lowest BCUT2D eigenvalue weighted by Crippen LogP contribution is -2.39. The number of carbonyl (C=O) groups excluding carboxylic acids is 2. The standard InChI is InChI=1S/C7H11N2O4/c8-3-6(11)9-5(4-10)1-2-7(12)13/h5H,1-3,8H2,(H,9,11)(H,12,13)/t5-/m0/s1. The van der Waals surface area contributed by atoms with Crippen molar-refractivity contribution in [2.75, 3.05) is 6.54 Å². The van der Waals surface area contributed by atoms with Gasteiger partial charge >= 0.3 is 5.97 Å². The summed E-state index contributed by atoms with van der Waals surface area (Å²) in [4.78, 5) is 31.0. The van der Waals surface area contributed by atoms with Crippen molar-refractivity contribution in [1.29, 1.82) is 0 Å². The van der Waals surface area contributed by atoms with Gasteiger partial charge in [-0.1, -0.05) is 0 Å². The van der Waals surface area contributed by atoms with E-state index < -0.39 is 17.9 Å². The minimum atomic E-state index is -1.03. The van der Waals surface area contributed by atoms with Crippen LogP contribution in [0.1, 0.15) is 12.8 Å². The second-order valence-corrected chi connectivity index (χ2v) is 2.37. The molecule has 0 aliphatic rings. The van der Waals surface area contributed by atoms with E-state index in [-0.39, 0.29) is 19.4 Å². The predicted molar refractivity (Wildman–Crippen MR) is 43.5 cm³/mol. The molecular weight excluding hydrogens is 176 g/mol. The average molecular weight is 187 g/mol. The minimum Gasteiger partial charge on any atom is -0.481 e. The Labute approximate surface area is 75.1 Å². The summed E-state index contributed by atoms with van der Waals surface area (Å²) in [7, 11) is 0. The predicted octanol–water partition coefficient (Wildman–Crippen LogP) is -1.60. The molecule has 6 nitrogen and oxygen atoms in total. The molecule has 0 heterocycles. The molecule has 0 fully saturated rings. The summed E-state index contributed by atoms with van der Waals surface area (Å²) in [6.45, 7) is -0.231. The van der Waals surface area contributed by atoms with Crippen LogP contribution in [0, 0.1) is 0 Å². The Kier molecular flexibility index (Phi) is 5.45. The summed E-state index contributed by atoms with van der Waals surface area (Å²) >= 11 is 0. The Bertz CT molecular complexity index is 205. The molecule has 1 atom stereocenters. The van der Waals surface area contributed by atoms with Crippen LogP contribution in [0.3, 0.4) is 0 Å². The second kappa shape index (κ2) is 6.13. The molecular formula is C7H11N2O4. The van der Waals surface area contributed by atoms with E-state index >= 15 is 0 Å².